The minimum Gasteiger partial charge on any atom is -0.280 e. The summed E-state index contributed by atoms with van der Waals surface area (Å²) in [5, 5.41) is 0. The van der Waals surface area contributed by atoms with Crippen LogP contribution in [0, 0.1) is 6.92 Å². The highest BCUT2D eigenvalue weighted by Crippen LogP contribution is 2.23. The van der Waals surface area contributed by atoms with Gasteiger partial charge in [0.1, 0.15) is 0 Å². The highest BCUT2D eigenvalue weighted by Gasteiger charge is 2.14. The van der Waals surface area contributed by atoms with Crippen LogP contribution >= 0.6 is 11.3 Å². The second-order valence-electron chi connectivity index (χ2n) is 4.45. The number of sulfonamides is 1. The summed E-state index contributed by atoms with van der Waals surface area (Å²) in [4.78, 5) is 4.43. The van der Waals surface area contributed by atoms with Crippen molar-refractivity contribution < 1.29 is 8.42 Å². The molecule has 102 valence electrons. The Morgan fingerprint density at radius 3 is 2.60 bits per heavy atom. The highest BCUT2D eigenvalue weighted by atomic mass is 32.2. The van der Waals surface area contributed by atoms with Crippen LogP contribution in [0.5, 0.6) is 0 Å². The minimum atomic E-state index is -3.56. The monoisotopic (exact) mass is 304 g/mol. The lowest BCUT2D eigenvalue weighted by atomic mass is 10.2. The van der Waals surface area contributed by atoms with Gasteiger partial charge in [0.25, 0.3) is 10.0 Å². The van der Waals surface area contributed by atoms with E-state index in [9.17, 15) is 8.42 Å². The molecule has 2 aromatic carbocycles. The summed E-state index contributed by atoms with van der Waals surface area (Å²) in [6.45, 7) is 1.92. The average Bonchev–Trinajstić information content (AvgIpc) is 2.86. The standard InChI is InChI=1S/C14H12N2O2S2/c1-10-2-5-12(6-3-10)20(17,18)16-11-4-7-14-13(8-11)15-9-19-14/h2-9,16H,1H3. The number of fused-ring (bicyclic) bond motifs is 1. The first-order chi connectivity index (χ1) is 9.54. The van der Waals surface area contributed by atoms with Crippen molar-refractivity contribution in [1.82, 2.24) is 4.98 Å². The van der Waals surface area contributed by atoms with Gasteiger partial charge in [-0.3, -0.25) is 4.72 Å². The Kier molecular flexibility index (Phi) is 3.19. The first kappa shape index (κ1) is 13.1. The molecule has 0 atom stereocenters. The van der Waals surface area contributed by atoms with E-state index >= 15 is 0 Å². The fourth-order valence-electron chi connectivity index (χ4n) is 1.85. The molecule has 1 N–H and O–H groups in total. The number of benzene rings is 2. The van der Waals surface area contributed by atoms with E-state index in [1.165, 1.54) is 11.3 Å². The second kappa shape index (κ2) is 4.88. The molecule has 20 heavy (non-hydrogen) atoms. The highest BCUT2D eigenvalue weighted by molar-refractivity contribution is 7.92. The fraction of sp³-hybridized carbons (Fsp3) is 0.0714. The molecule has 0 aliphatic heterocycles. The Balaban J connectivity index is 1.94. The molecule has 1 aromatic heterocycles. The van der Waals surface area contributed by atoms with Gasteiger partial charge in [-0.2, -0.15) is 0 Å². The molecular formula is C14H12N2O2S2. The molecule has 0 spiro atoms. The molecule has 0 aliphatic rings. The molecule has 6 heteroatoms. The Morgan fingerprint density at radius 2 is 1.85 bits per heavy atom. The molecule has 0 bridgehead atoms. The SMILES string of the molecule is Cc1ccc(S(=O)(=O)Nc2ccc3scnc3c2)cc1. The number of aryl methyl sites for hydroxylation is 1. The van der Waals surface area contributed by atoms with E-state index in [4.69, 9.17) is 0 Å². The topological polar surface area (TPSA) is 59.1 Å². The third-order valence-electron chi connectivity index (χ3n) is 2.91. The van der Waals surface area contributed by atoms with Crippen LogP contribution < -0.4 is 4.72 Å². The van der Waals surface area contributed by atoms with Gasteiger partial charge < -0.3 is 0 Å². The maximum Gasteiger partial charge on any atom is 0.261 e. The van der Waals surface area contributed by atoms with E-state index in [1.54, 1.807) is 41.9 Å². The van der Waals surface area contributed by atoms with E-state index in [-0.39, 0.29) is 4.90 Å². The molecule has 0 radical (unpaired) electrons. The third kappa shape index (κ3) is 2.52. The maximum atomic E-state index is 12.3. The lowest BCUT2D eigenvalue weighted by molar-refractivity contribution is 0.601. The predicted molar refractivity (Wildman–Crippen MR) is 81.6 cm³/mol. The van der Waals surface area contributed by atoms with Crippen molar-refractivity contribution in [2.45, 2.75) is 11.8 Å². The molecule has 0 unspecified atom stereocenters. The predicted octanol–water partition coefficient (Wildman–Crippen LogP) is 3.41. The Hall–Kier alpha value is -1.92. The summed E-state index contributed by atoms with van der Waals surface area (Å²) in [6, 6.07) is 12.1. The number of anilines is 1. The second-order valence-corrected chi connectivity index (χ2v) is 7.02. The Bertz CT molecular complexity index is 852. The van der Waals surface area contributed by atoms with Crippen LogP contribution in [0.15, 0.2) is 52.9 Å². The van der Waals surface area contributed by atoms with Crippen LogP contribution in [-0.2, 0) is 10.0 Å². The third-order valence-corrected chi connectivity index (χ3v) is 5.12. The number of hydrogen-bond acceptors (Lipinski definition) is 4. The first-order valence-corrected chi connectivity index (χ1v) is 8.34. The van der Waals surface area contributed by atoms with E-state index < -0.39 is 10.0 Å². The van der Waals surface area contributed by atoms with Gasteiger partial charge in [-0.05, 0) is 37.3 Å². The number of aromatic nitrogens is 1. The van der Waals surface area contributed by atoms with E-state index in [0.29, 0.717) is 5.69 Å². The number of hydrogen-bond donors (Lipinski definition) is 1. The average molecular weight is 304 g/mol. The van der Waals surface area contributed by atoms with Crippen molar-refractivity contribution in [3.05, 3.63) is 53.5 Å². The number of rotatable bonds is 3. The zero-order chi connectivity index (χ0) is 14.2. The van der Waals surface area contributed by atoms with Gasteiger partial charge in [-0.25, -0.2) is 13.4 Å². The zero-order valence-electron chi connectivity index (χ0n) is 10.7. The molecule has 0 aliphatic carbocycles. The van der Waals surface area contributed by atoms with Crippen LogP contribution in [-0.4, -0.2) is 13.4 Å². The van der Waals surface area contributed by atoms with Gasteiger partial charge in [0.15, 0.2) is 0 Å². The summed E-state index contributed by atoms with van der Waals surface area (Å²) in [5.74, 6) is 0. The molecule has 0 fully saturated rings. The molecular weight excluding hydrogens is 292 g/mol. The van der Waals surface area contributed by atoms with Gasteiger partial charge in [-0.1, -0.05) is 17.7 Å². The van der Waals surface area contributed by atoms with Crippen LogP contribution in [0.2, 0.25) is 0 Å². The lowest BCUT2D eigenvalue weighted by Gasteiger charge is -2.08. The molecule has 3 rings (SSSR count). The van der Waals surface area contributed by atoms with Gasteiger partial charge in [0.2, 0.25) is 0 Å². The van der Waals surface area contributed by atoms with Crippen LogP contribution in [0.25, 0.3) is 10.2 Å². The summed E-state index contributed by atoms with van der Waals surface area (Å²) in [5.41, 5.74) is 4.07. The molecule has 0 saturated carbocycles. The molecule has 3 aromatic rings. The van der Waals surface area contributed by atoms with E-state index in [2.05, 4.69) is 9.71 Å². The van der Waals surface area contributed by atoms with Gasteiger partial charge >= 0.3 is 0 Å². The van der Waals surface area contributed by atoms with Gasteiger partial charge in [0.05, 0.1) is 26.3 Å². The largest absolute Gasteiger partial charge is 0.280 e. The summed E-state index contributed by atoms with van der Waals surface area (Å²) in [6.07, 6.45) is 0. The van der Waals surface area contributed by atoms with Crippen LogP contribution in [0.3, 0.4) is 0 Å². The van der Waals surface area contributed by atoms with E-state index in [0.717, 1.165) is 15.8 Å². The number of nitrogens with zero attached hydrogens (tertiary/aromatic N) is 1. The zero-order valence-corrected chi connectivity index (χ0v) is 12.3. The number of thiazole rings is 1. The summed E-state index contributed by atoms with van der Waals surface area (Å²) >= 11 is 1.52. The van der Waals surface area contributed by atoms with Crippen molar-refractivity contribution in [2.75, 3.05) is 4.72 Å². The normalized spacial score (nSPS) is 11.7. The molecule has 0 saturated heterocycles. The Morgan fingerprint density at radius 1 is 1.10 bits per heavy atom. The molecule has 1 heterocycles. The molecule has 4 nitrogen and oxygen atoms in total. The van der Waals surface area contributed by atoms with Crippen molar-refractivity contribution in [3.8, 4) is 0 Å². The van der Waals surface area contributed by atoms with Crippen molar-refractivity contribution in [3.63, 3.8) is 0 Å². The van der Waals surface area contributed by atoms with Gasteiger partial charge in [-0.15, -0.1) is 11.3 Å². The Labute approximate surface area is 121 Å². The van der Waals surface area contributed by atoms with Crippen molar-refractivity contribution >= 4 is 37.3 Å². The minimum absolute atomic E-state index is 0.251. The van der Waals surface area contributed by atoms with Crippen LogP contribution in [0.4, 0.5) is 5.69 Å². The van der Waals surface area contributed by atoms with Crippen molar-refractivity contribution in [1.29, 1.82) is 0 Å². The quantitative estimate of drug-likeness (QED) is 0.806. The van der Waals surface area contributed by atoms with E-state index in [1.807, 2.05) is 13.0 Å². The number of nitrogens with one attached hydrogen (secondary N) is 1. The summed E-state index contributed by atoms with van der Waals surface area (Å²) in [7, 11) is -3.56. The first-order valence-electron chi connectivity index (χ1n) is 5.97. The molecule has 0 amide bonds. The fourth-order valence-corrected chi connectivity index (χ4v) is 3.56. The maximum absolute atomic E-state index is 12.3. The van der Waals surface area contributed by atoms with Crippen LogP contribution in [0.1, 0.15) is 5.56 Å². The lowest BCUT2D eigenvalue weighted by Crippen LogP contribution is -2.12. The smallest absolute Gasteiger partial charge is 0.261 e. The summed E-state index contributed by atoms with van der Waals surface area (Å²) < 4.78 is 28.1. The van der Waals surface area contributed by atoms with Crippen molar-refractivity contribution in [2.24, 2.45) is 0 Å². The van der Waals surface area contributed by atoms with Gasteiger partial charge in [0, 0.05) is 0 Å².